The number of anilines is 1. The van der Waals surface area contributed by atoms with Gasteiger partial charge in [0.15, 0.2) is 5.78 Å². The van der Waals surface area contributed by atoms with E-state index in [1.54, 1.807) is 19.1 Å². The van der Waals surface area contributed by atoms with Crippen LogP contribution in [0.15, 0.2) is 34.9 Å². The lowest BCUT2D eigenvalue weighted by atomic mass is 9.99. The maximum absolute atomic E-state index is 12.4. The Hall–Kier alpha value is -2.21. The Kier molecular flexibility index (Phi) is 3.96. The van der Waals surface area contributed by atoms with Gasteiger partial charge in [0.2, 0.25) is 5.89 Å². The fourth-order valence-corrected chi connectivity index (χ4v) is 2.26. The average molecular weight is 287 g/mol. The van der Waals surface area contributed by atoms with E-state index in [0.717, 1.165) is 13.1 Å². The van der Waals surface area contributed by atoms with Gasteiger partial charge < -0.3 is 14.2 Å². The van der Waals surface area contributed by atoms with E-state index in [2.05, 4.69) is 10.1 Å². The van der Waals surface area contributed by atoms with Crippen molar-refractivity contribution < 1.29 is 14.1 Å². The first-order valence-corrected chi connectivity index (χ1v) is 7.01. The monoisotopic (exact) mass is 287 g/mol. The van der Waals surface area contributed by atoms with Crippen molar-refractivity contribution in [2.75, 3.05) is 31.2 Å². The predicted molar refractivity (Wildman–Crippen MR) is 76.5 cm³/mol. The number of rotatable bonds is 4. The van der Waals surface area contributed by atoms with Gasteiger partial charge in [-0.3, -0.25) is 4.79 Å². The van der Waals surface area contributed by atoms with Crippen LogP contribution in [0, 0.1) is 0 Å². The number of morpholine rings is 1. The molecule has 2 heterocycles. The number of aromatic nitrogens is 2. The summed E-state index contributed by atoms with van der Waals surface area (Å²) in [4.78, 5) is 18.7. The number of carbonyl (C=O) groups excluding carboxylic acids is 1. The van der Waals surface area contributed by atoms with Crippen molar-refractivity contribution >= 4 is 11.7 Å². The summed E-state index contributed by atoms with van der Waals surface area (Å²) in [6.07, 6.45) is 0. The minimum absolute atomic E-state index is 0.0206. The van der Waals surface area contributed by atoms with Crippen molar-refractivity contribution in [3.8, 4) is 0 Å². The highest BCUT2D eigenvalue weighted by Gasteiger charge is 2.25. The zero-order valence-corrected chi connectivity index (χ0v) is 11.9. The van der Waals surface area contributed by atoms with Crippen molar-refractivity contribution in [1.29, 1.82) is 0 Å². The first-order valence-electron chi connectivity index (χ1n) is 7.01. The van der Waals surface area contributed by atoms with Crippen molar-refractivity contribution in [2.24, 2.45) is 0 Å². The molecule has 0 saturated carbocycles. The molecular formula is C15H17N3O3. The molecule has 1 aromatic carbocycles. The van der Waals surface area contributed by atoms with E-state index in [1.165, 1.54) is 0 Å². The molecule has 1 aliphatic rings. The van der Waals surface area contributed by atoms with Crippen LogP contribution in [0.25, 0.3) is 0 Å². The van der Waals surface area contributed by atoms with Crippen LogP contribution in [0.2, 0.25) is 0 Å². The predicted octanol–water partition coefficient (Wildman–Crippen LogP) is 1.89. The highest BCUT2D eigenvalue weighted by atomic mass is 16.5. The van der Waals surface area contributed by atoms with E-state index in [1.807, 2.05) is 23.1 Å². The van der Waals surface area contributed by atoms with Gasteiger partial charge >= 0.3 is 0 Å². The first kappa shape index (κ1) is 13.8. The number of benzene rings is 1. The topological polar surface area (TPSA) is 68.5 Å². The molecule has 6 nitrogen and oxygen atoms in total. The standard InChI is InChI=1S/C15H17N3O3/c1-11(13(19)12-5-3-2-4-6-12)14-16-15(17-21-14)18-7-9-20-10-8-18/h2-6,11H,7-10H2,1H3. The summed E-state index contributed by atoms with van der Waals surface area (Å²) in [5.74, 6) is 0.411. The van der Waals surface area contributed by atoms with Crippen LogP contribution in [0.5, 0.6) is 0 Å². The molecule has 1 aromatic heterocycles. The van der Waals surface area contributed by atoms with Gasteiger partial charge in [0, 0.05) is 18.7 Å². The SMILES string of the molecule is CC(C(=O)c1ccccc1)c1nc(N2CCOCC2)no1. The van der Waals surface area contributed by atoms with Crippen molar-refractivity contribution in [3.05, 3.63) is 41.8 Å². The van der Waals surface area contributed by atoms with Gasteiger partial charge in [-0.1, -0.05) is 30.3 Å². The number of Topliss-reactive ketones (excluding diaryl/α,β-unsaturated/α-hetero) is 1. The number of ether oxygens (including phenoxy) is 1. The molecule has 3 rings (SSSR count). The van der Waals surface area contributed by atoms with Crippen molar-refractivity contribution in [1.82, 2.24) is 10.1 Å². The summed E-state index contributed by atoms with van der Waals surface area (Å²) >= 11 is 0. The summed E-state index contributed by atoms with van der Waals surface area (Å²) < 4.78 is 10.5. The molecule has 2 aromatic rings. The lowest BCUT2D eigenvalue weighted by molar-refractivity contribution is 0.0951. The molecule has 1 unspecified atom stereocenters. The Labute approximate surface area is 122 Å². The summed E-state index contributed by atoms with van der Waals surface area (Å²) in [5, 5.41) is 3.97. The number of hydrogen-bond donors (Lipinski definition) is 0. The minimum Gasteiger partial charge on any atom is -0.378 e. The van der Waals surface area contributed by atoms with Crippen molar-refractivity contribution in [3.63, 3.8) is 0 Å². The molecule has 0 amide bonds. The third kappa shape index (κ3) is 2.95. The molecule has 1 atom stereocenters. The van der Waals surface area contributed by atoms with Gasteiger partial charge in [0.25, 0.3) is 5.95 Å². The van der Waals surface area contributed by atoms with Gasteiger partial charge in [-0.2, -0.15) is 4.98 Å². The van der Waals surface area contributed by atoms with Crippen LogP contribution >= 0.6 is 0 Å². The quantitative estimate of drug-likeness (QED) is 0.800. The molecule has 0 bridgehead atoms. The number of hydrogen-bond acceptors (Lipinski definition) is 6. The van der Waals surface area contributed by atoms with Gasteiger partial charge in [0.1, 0.15) is 0 Å². The van der Waals surface area contributed by atoms with E-state index >= 15 is 0 Å². The molecule has 1 fully saturated rings. The molecule has 1 aliphatic heterocycles. The van der Waals surface area contributed by atoms with E-state index in [9.17, 15) is 4.79 Å². The maximum Gasteiger partial charge on any atom is 0.266 e. The molecular weight excluding hydrogens is 270 g/mol. The summed E-state index contributed by atoms with van der Waals surface area (Å²) in [5.41, 5.74) is 0.649. The Bertz CT molecular complexity index is 606. The van der Waals surface area contributed by atoms with Crippen LogP contribution in [-0.2, 0) is 4.74 Å². The molecule has 1 saturated heterocycles. The molecule has 0 radical (unpaired) electrons. The lowest BCUT2D eigenvalue weighted by Crippen LogP contribution is -2.36. The van der Waals surface area contributed by atoms with Crippen LogP contribution in [0.3, 0.4) is 0 Å². The van der Waals surface area contributed by atoms with E-state index < -0.39 is 5.92 Å². The third-order valence-electron chi connectivity index (χ3n) is 3.55. The summed E-state index contributed by atoms with van der Waals surface area (Å²) in [6, 6.07) is 9.14. The summed E-state index contributed by atoms with van der Waals surface area (Å²) in [7, 11) is 0. The third-order valence-corrected chi connectivity index (χ3v) is 3.55. The first-order chi connectivity index (χ1) is 10.3. The zero-order chi connectivity index (χ0) is 14.7. The normalized spacial score (nSPS) is 16.7. The van der Waals surface area contributed by atoms with E-state index in [-0.39, 0.29) is 5.78 Å². The maximum atomic E-state index is 12.4. The van der Waals surface area contributed by atoms with E-state index in [4.69, 9.17) is 9.26 Å². The molecule has 6 heteroatoms. The second kappa shape index (κ2) is 6.05. The van der Waals surface area contributed by atoms with Gasteiger partial charge in [-0.25, -0.2) is 0 Å². The zero-order valence-electron chi connectivity index (χ0n) is 11.9. The number of nitrogens with zero attached hydrogens (tertiary/aromatic N) is 3. The van der Waals surface area contributed by atoms with Gasteiger partial charge in [-0.15, -0.1) is 0 Å². The molecule has 0 spiro atoms. The smallest absolute Gasteiger partial charge is 0.266 e. The Morgan fingerprint density at radius 1 is 1.24 bits per heavy atom. The van der Waals surface area contributed by atoms with Gasteiger partial charge in [-0.05, 0) is 12.1 Å². The fraction of sp³-hybridized carbons (Fsp3) is 0.400. The summed E-state index contributed by atoms with van der Waals surface area (Å²) in [6.45, 7) is 4.57. The Balaban J connectivity index is 1.74. The second-order valence-corrected chi connectivity index (χ2v) is 4.98. The molecule has 0 N–H and O–H groups in total. The fourth-order valence-electron chi connectivity index (χ4n) is 2.26. The Morgan fingerprint density at radius 3 is 2.67 bits per heavy atom. The van der Waals surface area contributed by atoms with Crippen molar-refractivity contribution in [2.45, 2.75) is 12.8 Å². The van der Waals surface area contributed by atoms with Crippen LogP contribution in [0.4, 0.5) is 5.95 Å². The molecule has 0 aliphatic carbocycles. The van der Waals surface area contributed by atoms with Crippen LogP contribution in [0.1, 0.15) is 29.1 Å². The largest absolute Gasteiger partial charge is 0.378 e. The average Bonchev–Trinajstić information content (AvgIpc) is 3.05. The van der Waals surface area contributed by atoms with E-state index in [0.29, 0.717) is 30.6 Å². The van der Waals surface area contributed by atoms with Gasteiger partial charge in [0.05, 0.1) is 19.1 Å². The molecule has 110 valence electrons. The highest BCUT2D eigenvalue weighted by molar-refractivity contribution is 6.00. The lowest BCUT2D eigenvalue weighted by Gasteiger charge is -2.24. The van der Waals surface area contributed by atoms with Crippen LogP contribution in [-0.4, -0.2) is 42.2 Å². The number of carbonyl (C=O) groups is 1. The Morgan fingerprint density at radius 2 is 1.95 bits per heavy atom. The number of ketones is 1. The van der Waals surface area contributed by atoms with Crippen LogP contribution < -0.4 is 4.90 Å². The molecule has 21 heavy (non-hydrogen) atoms. The minimum atomic E-state index is -0.449. The highest BCUT2D eigenvalue weighted by Crippen LogP contribution is 2.21. The second-order valence-electron chi connectivity index (χ2n) is 4.98.